The zero-order valence-electron chi connectivity index (χ0n) is 11.9. The summed E-state index contributed by atoms with van der Waals surface area (Å²) in [6.45, 7) is 2.40. The van der Waals surface area contributed by atoms with Crippen LogP contribution in [0.2, 0.25) is 0 Å². The standard InChI is InChI=1S/C14H19N3O2S/c1-10-7-11(16-19-10)8-14(18)15-9-12(17(2)3)13-5-4-6-20-13/h4-7,12H,8-9H2,1-3H3,(H,15,18). The predicted molar refractivity (Wildman–Crippen MR) is 78.7 cm³/mol. The molecular formula is C14H19N3O2S. The van der Waals surface area contributed by atoms with Gasteiger partial charge in [0.25, 0.3) is 0 Å². The minimum atomic E-state index is -0.0401. The average molecular weight is 293 g/mol. The third-order valence-electron chi connectivity index (χ3n) is 3.01. The SMILES string of the molecule is Cc1cc(CC(=O)NCC(c2cccs2)N(C)C)no1. The van der Waals surface area contributed by atoms with Crippen LogP contribution in [-0.2, 0) is 11.2 Å². The van der Waals surface area contributed by atoms with Crippen LogP contribution in [0.1, 0.15) is 22.4 Å². The molecule has 2 heterocycles. The van der Waals surface area contributed by atoms with E-state index in [2.05, 4.69) is 21.4 Å². The summed E-state index contributed by atoms with van der Waals surface area (Å²) in [6, 6.07) is 6.08. The Bertz CT molecular complexity index is 549. The molecular weight excluding hydrogens is 274 g/mol. The number of hydrogen-bond donors (Lipinski definition) is 1. The molecule has 6 heteroatoms. The van der Waals surface area contributed by atoms with Crippen molar-refractivity contribution in [1.29, 1.82) is 0 Å². The highest BCUT2D eigenvalue weighted by molar-refractivity contribution is 7.10. The molecule has 1 atom stereocenters. The van der Waals surface area contributed by atoms with Crippen molar-refractivity contribution < 1.29 is 9.32 Å². The van der Waals surface area contributed by atoms with E-state index in [-0.39, 0.29) is 18.4 Å². The lowest BCUT2D eigenvalue weighted by molar-refractivity contribution is -0.120. The van der Waals surface area contributed by atoms with Crippen molar-refractivity contribution in [2.75, 3.05) is 20.6 Å². The molecule has 0 aromatic carbocycles. The Balaban J connectivity index is 1.88. The summed E-state index contributed by atoms with van der Waals surface area (Å²) >= 11 is 1.70. The van der Waals surface area contributed by atoms with Crippen molar-refractivity contribution in [3.05, 3.63) is 39.9 Å². The van der Waals surface area contributed by atoms with Crippen molar-refractivity contribution >= 4 is 17.2 Å². The highest BCUT2D eigenvalue weighted by Gasteiger charge is 2.16. The highest BCUT2D eigenvalue weighted by atomic mass is 32.1. The molecule has 5 nitrogen and oxygen atoms in total. The van der Waals surface area contributed by atoms with Crippen LogP contribution in [0.15, 0.2) is 28.1 Å². The smallest absolute Gasteiger partial charge is 0.226 e. The molecule has 1 unspecified atom stereocenters. The molecule has 2 aromatic rings. The molecule has 1 N–H and O–H groups in total. The number of likely N-dealkylation sites (N-methyl/N-ethyl adjacent to an activating group) is 1. The van der Waals surface area contributed by atoms with Crippen molar-refractivity contribution in [3.8, 4) is 0 Å². The molecule has 0 radical (unpaired) electrons. The normalized spacial score (nSPS) is 12.6. The summed E-state index contributed by atoms with van der Waals surface area (Å²) < 4.78 is 4.95. The van der Waals surface area contributed by atoms with Crippen LogP contribution in [-0.4, -0.2) is 36.6 Å². The van der Waals surface area contributed by atoms with Gasteiger partial charge in [-0.3, -0.25) is 4.79 Å². The Hall–Kier alpha value is -1.66. The summed E-state index contributed by atoms with van der Waals surface area (Å²) in [7, 11) is 4.02. The lowest BCUT2D eigenvalue weighted by Gasteiger charge is -2.23. The van der Waals surface area contributed by atoms with Crippen LogP contribution in [0.4, 0.5) is 0 Å². The van der Waals surface area contributed by atoms with E-state index in [0.717, 1.165) is 5.76 Å². The van der Waals surface area contributed by atoms with Crippen molar-refractivity contribution in [2.45, 2.75) is 19.4 Å². The fourth-order valence-electron chi connectivity index (χ4n) is 1.96. The van der Waals surface area contributed by atoms with Crippen LogP contribution in [0.3, 0.4) is 0 Å². The van der Waals surface area contributed by atoms with E-state index >= 15 is 0 Å². The van der Waals surface area contributed by atoms with E-state index in [1.54, 1.807) is 17.4 Å². The first-order valence-corrected chi connectivity index (χ1v) is 7.33. The number of nitrogens with zero attached hydrogens (tertiary/aromatic N) is 2. The quantitative estimate of drug-likeness (QED) is 0.885. The van der Waals surface area contributed by atoms with Gasteiger partial charge in [-0.05, 0) is 32.5 Å². The van der Waals surface area contributed by atoms with Gasteiger partial charge < -0.3 is 14.7 Å². The Morgan fingerprint density at radius 1 is 1.55 bits per heavy atom. The van der Waals surface area contributed by atoms with Gasteiger partial charge in [0.2, 0.25) is 5.91 Å². The molecule has 0 aliphatic heterocycles. The molecule has 2 rings (SSSR count). The number of carbonyl (C=O) groups is 1. The van der Waals surface area contributed by atoms with E-state index in [0.29, 0.717) is 12.2 Å². The van der Waals surface area contributed by atoms with Gasteiger partial charge in [-0.2, -0.15) is 0 Å². The summed E-state index contributed by atoms with van der Waals surface area (Å²) in [6.07, 6.45) is 0.252. The Labute approximate surface area is 122 Å². The third-order valence-corrected chi connectivity index (χ3v) is 3.98. The maximum atomic E-state index is 11.9. The Morgan fingerprint density at radius 2 is 2.35 bits per heavy atom. The van der Waals surface area contributed by atoms with Gasteiger partial charge in [-0.1, -0.05) is 11.2 Å². The van der Waals surface area contributed by atoms with Crippen LogP contribution in [0.25, 0.3) is 0 Å². The van der Waals surface area contributed by atoms with Crippen LogP contribution in [0, 0.1) is 6.92 Å². The number of thiophene rings is 1. The van der Waals surface area contributed by atoms with E-state index in [9.17, 15) is 4.79 Å². The first-order chi connectivity index (χ1) is 9.56. The van der Waals surface area contributed by atoms with Gasteiger partial charge in [0, 0.05) is 17.5 Å². The van der Waals surface area contributed by atoms with E-state index in [4.69, 9.17) is 4.52 Å². The molecule has 108 valence electrons. The van der Waals surface area contributed by atoms with E-state index in [1.807, 2.05) is 32.5 Å². The zero-order chi connectivity index (χ0) is 14.5. The molecule has 20 heavy (non-hydrogen) atoms. The van der Waals surface area contributed by atoms with E-state index in [1.165, 1.54) is 4.88 Å². The highest BCUT2D eigenvalue weighted by Crippen LogP contribution is 2.22. The first-order valence-electron chi connectivity index (χ1n) is 6.45. The molecule has 0 saturated heterocycles. The summed E-state index contributed by atoms with van der Waals surface area (Å²) in [4.78, 5) is 15.3. The summed E-state index contributed by atoms with van der Waals surface area (Å²) in [5.41, 5.74) is 0.664. The molecule has 1 amide bonds. The van der Waals surface area contributed by atoms with Gasteiger partial charge in [0.05, 0.1) is 18.2 Å². The molecule has 0 aliphatic carbocycles. The van der Waals surface area contributed by atoms with Crippen LogP contribution in [0.5, 0.6) is 0 Å². The fourth-order valence-corrected chi connectivity index (χ4v) is 2.88. The second kappa shape index (κ2) is 6.67. The maximum absolute atomic E-state index is 11.9. The average Bonchev–Trinajstić information content (AvgIpc) is 3.01. The minimum absolute atomic E-state index is 0.0401. The van der Waals surface area contributed by atoms with Crippen molar-refractivity contribution in [3.63, 3.8) is 0 Å². The molecule has 0 aliphatic rings. The number of amides is 1. The maximum Gasteiger partial charge on any atom is 0.226 e. The van der Waals surface area contributed by atoms with Crippen LogP contribution < -0.4 is 5.32 Å². The fraction of sp³-hybridized carbons (Fsp3) is 0.429. The number of carbonyl (C=O) groups excluding carboxylic acids is 1. The topological polar surface area (TPSA) is 58.4 Å². The molecule has 2 aromatic heterocycles. The number of hydrogen-bond acceptors (Lipinski definition) is 5. The van der Waals surface area contributed by atoms with Gasteiger partial charge in [0.1, 0.15) is 5.76 Å². The number of nitrogens with one attached hydrogen (secondary N) is 1. The van der Waals surface area contributed by atoms with Gasteiger partial charge in [0.15, 0.2) is 0 Å². The summed E-state index contributed by atoms with van der Waals surface area (Å²) in [5.74, 6) is 0.680. The molecule has 0 fully saturated rings. The minimum Gasteiger partial charge on any atom is -0.361 e. The second-order valence-corrected chi connectivity index (χ2v) is 5.88. The zero-order valence-corrected chi connectivity index (χ0v) is 12.7. The molecule has 0 saturated carbocycles. The molecule has 0 bridgehead atoms. The Kier molecular flexibility index (Phi) is 4.92. The lowest BCUT2D eigenvalue weighted by Crippen LogP contribution is -2.34. The summed E-state index contributed by atoms with van der Waals surface area (Å²) in [5, 5.41) is 8.83. The van der Waals surface area contributed by atoms with Crippen molar-refractivity contribution in [1.82, 2.24) is 15.4 Å². The second-order valence-electron chi connectivity index (χ2n) is 4.90. The van der Waals surface area contributed by atoms with Gasteiger partial charge in [-0.15, -0.1) is 11.3 Å². The number of aromatic nitrogens is 1. The predicted octanol–water partition coefficient (Wildman–Crippen LogP) is 2.01. The Morgan fingerprint density at radius 3 is 2.90 bits per heavy atom. The largest absolute Gasteiger partial charge is 0.361 e. The first kappa shape index (κ1) is 14.7. The number of rotatable bonds is 6. The van der Waals surface area contributed by atoms with Gasteiger partial charge in [-0.25, -0.2) is 0 Å². The number of aryl methyl sites for hydroxylation is 1. The van der Waals surface area contributed by atoms with E-state index < -0.39 is 0 Å². The van der Waals surface area contributed by atoms with Gasteiger partial charge >= 0.3 is 0 Å². The van der Waals surface area contributed by atoms with Crippen molar-refractivity contribution in [2.24, 2.45) is 0 Å². The third kappa shape index (κ3) is 3.91. The monoisotopic (exact) mass is 293 g/mol. The lowest BCUT2D eigenvalue weighted by atomic mass is 10.2. The molecule has 0 spiro atoms. The van der Waals surface area contributed by atoms with Crippen LogP contribution >= 0.6 is 11.3 Å².